The monoisotopic (exact) mass is 1030 g/mol. The van der Waals surface area contributed by atoms with Gasteiger partial charge in [0.05, 0.1) is 39.9 Å². The van der Waals surface area contributed by atoms with Crippen LogP contribution >= 0.6 is 7.82 Å². The molecule has 8 nitrogen and oxygen atoms in total. The summed E-state index contributed by atoms with van der Waals surface area (Å²) in [7, 11) is 1.24. The number of unbranched alkanes of at least 4 members (excludes halogenated alkanes) is 29. The van der Waals surface area contributed by atoms with Gasteiger partial charge in [0.25, 0.3) is 7.82 Å². The van der Waals surface area contributed by atoms with Crippen molar-refractivity contribution >= 4 is 13.7 Å². The SMILES string of the molecule is CC/C=C\C/C=C\C/C=C\C/C=C\C/C=C\CCCCCCCCCCCCCCCC(=O)NC(COP(=O)([O-])OCC[N+](C)(C)C)C(O)/C=C/CC/C=C/CCCCCCCCCCCCCCCCC. The van der Waals surface area contributed by atoms with Crippen molar-refractivity contribution in [1.29, 1.82) is 0 Å². The number of aliphatic hydroxyl groups excluding tert-OH is 1. The van der Waals surface area contributed by atoms with Gasteiger partial charge in [-0.15, -0.1) is 0 Å². The molecule has 1 amide bonds. The molecule has 0 aliphatic heterocycles. The van der Waals surface area contributed by atoms with Crippen LogP contribution in [0.4, 0.5) is 0 Å². The van der Waals surface area contributed by atoms with Gasteiger partial charge in [-0.3, -0.25) is 9.36 Å². The number of carbonyl (C=O) groups excluding carboxylic acids is 1. The second-order valence-electron chi connectivity index (χ2n) is 21.3. The van der Waals surface area contributed by atoms with Gasteiger partial charge in [-0.25, -0.2) is 0 Å². The molecule has 3 unspecified atom stereocenters. The van der Waals surface area contributed by atoms with Gasteiger partial charge < -0.3 is 28.8 Å². The number of aliphatic hydroxyl groups is 1. The Morgan fingerprint density at radius 1 is 0.500 bits per heavy atom. The quantitative estimate of drug-likeness (QED) is 0.0272. The van der Waals surface area contributed by atoms with Crippen molar-refractivity contribution in [3.05, 3.63) is 85.1 Å². The minimum absolute atomic E-state index is 0.00930. The lowest BCUT2D eigenvalue weighted by Gasteiger charge is -2.29. The van der Waals surface area contributed by atoms with Crippen molar-refractivity contribution in [3.8, 4) is 0 Å². The first-order valence-electron chi connectivity index (χ1n) is 29.9. The molecule has 0 aromatic heterocycles. The summed E-state index contributed by atoms with van der Waals surface area (Å²) in [5.74, 6) is -0.210. The molecular formula is C63H115N2O6P. The molecule has 418 valence electrons. The minimum Gasteiger partial charge on any atom is -0.756 e. The summed E-state index contributed by atoms with van der Waals surface area (Å²) in [4.78, 5) is 25.5. The lowest BCUT2D eigenvalue weighted by molar-refractivity contribution is -0.870. The number of hydrogen-bond acceptors (Lipinski definition) is 6. The fourth-order valence-corrected chi connectivity index (χ4v) is 9.16. The Kier molecular flexibility index (Phi) is 51.8. The van der Waals surface area contributed by atoms with E-state index in [0.717, 1.165) is 70.6 Å². The Morgan fingerprint density at radius 2 is 0.861 bits per heavy atom. The van der Waals surface area contributed by atoms with Gasteiger partial charge in [0.1, 0.15) is 13.2 Å². The van der Waals surface area contributed by atoms with E-state index in [1.165, 1.54) is 167 Å². The van der Waals surface area contributed by atoms with Crippen LogP contribution < -0.4 is 10.2 Å². The van der Waals surface area contributed by atoms with E-state index in [0.29, 0.717) is 17.4 Å². The topological polar surface area (TPSA) is 108 Å². The third kappa shape index (κ3) is 55.4. The van der Waals surface area contributed by atoms with Gasteiger partial charge in [-0.05, 0) is 77.0 Å². The number of phosphoric acid groups is 1. The molecule has 0 aromatic rings. The van der Waals surface area contributed by atoms with Gasteiger partial charge in [-0.2, -0.15) is 0 Å². The van der Waals surface area contributed by atoms with E-state index < -0.39 is 26.6 Å². The Balaban J connectivity index is 4.21. The van der Waals surface area contributed by atoms with Crippen molar-refractivity contribution in [1.82, 2.24) is 5.32 Å². The molecule has 0 rings (SSSR count). The maximum Gasteiger partial charge on any atom is 0.268 e. The number of likely N-dealkylation sites (N-methyl/N-ethyl adjacent to an activating group) is 1. The summed E-state index contributed by atoms with van der Waals surface area (Å²) < 4.78 is 23.4. The summed E-state index contributed by atoms with van der Waals surface area (Å²) in [6, 6.07) is -0.909. The zero-order valence-electron chi connectivity index (χ0n) is 47.6. The smallest absolute Gasteiger partial charge is 0.268 e. The molecule has 0 saturated carbocycles. The second kappa shape index (κ2) is 53.5. The average Bonchev–Trinajstić information content (AvgIpc) is 3.34. The Morgan fingerprint density at radius 3 is 1.29 bits per heavy atom. The summed E-state index contributed by atoms with van der Waals surface area (Å²) >= 11 is 0. The van der Waals surface area contributed by atoms with E-state index in [9.17, 15) is 19.4 Å². The lowest BCUT2D eigenvalue weighted by Crippen LogP contribution is -2.45. The molecule has 0 bridgehead atoms. The Hall–Kier alpha value is -2.32. The molecule has 0 fully saturated rings. The van der Waals surface area contributed by atoms with E-state index in [-0.39, 0.29) is 12.5 Å². The third-order valence-corrected chi connectivity index (χ3v) is 14.1. The van der Waals surface area contributed by atoms with Crippen LogP contribution in [0.25, 0.3) is 0 Å². The molecule has 0 aliphatic rings. The molecule has 72 heavy (non-hydrogen) atoms. The molecule has 0 saturated heterocycles. The maximum atomic E-state index is 13.0. The number of rotatable bonds is 54. The Labute approximate surface area is 446 Å². The van der Waals surface area contributed by atoms with E-state index in [2.05, 4.69) is 92.1 Å². The normalized spacial score (nSPS) is 14.5. The van der Waals surface area contributed by atoms with Crippen molar-refractivity contribution in [2.75, 3.05) is 40.9 Å². The number of nitrogens with one attached hydrogen (secondary N) is 1. The first kappa shape index (κ1) is 69.7. The van der Waals surface area contributed by atoms with E-state index >= 15 is 0 Å². The summed E-state index contributed by atoms with van der Waals surface area (Å²) in [5.41, 5.74) is 0. The fraction of sp³-hybridized carbons (Fsp3) is 0.762. The molecule has 2 N–H and O–H groups in total. The van der Waals surface area contributed by atoms with Crippen LogP contribution in [0.5, 0.6) is 0 Å². The highest BCUT2D eigenvalue weighted by Crippen LogP contribution is 2.38. The second-order valence-corrected chi connectivity index (χ2v) is 22.7. The largest absolute Gasteiger partial charge is 0.756 e. The molecule has 0 radical (unpaired) electrons. The van der Waals surface area contributed by atoms with Gasteiger partial charge in [0.2, 0.25) is 5.91 Å². The maximum absolute atomic E-state index is 13.0. The van der Waals surface area contributed by atoms with Gasteiger partial charge >= 0.3 is 0 Å². The molecular weight excluding hydrogens is 912 g/mol. The summed E-state index contributed by atoms with van der Waals surface area (Å²) in [6.45, 7) is 4.53. The van der Waals surface area contributed by atoms with Crippen LogP contribution in [-0.2, 0) is 18.4 Å². The first-order chi connectivity index (χ1) is 35.0. The molecule has 3 atom stereocenters. The molecule has 0 aromatic carbocycles. The van der Waals surface area contributed by atoms with E-state index in [1.54, 1.807) is 6.08 Å². The van der Waals surface area contributed by atoms with Crippen molar-refractivity contribution in [2.45, 2.75) is 270 Å². The number of amides is 1. The van der Waals surface area contributed by atoms with Crippen molar-refractivity contribution < 1.29 is 32.9 Å². The number of hydrogen-bond donors (Lipinski definition) is 2. The summed E-state index contributed by atoms with van der Waals surface area (Å²) in [5, 5.41) is 13.9. The number of nitrogens with zero attached hydrogens (tertiary/aromatic N) is 1. The highest BCUT2D eigenvalue weighted by atomic mass is 31.2. The summed E-state index contributed by atoms with van der Waals surface area (Å²) in [6.07, 6.45) is 75.2. The number of carbonyl (C=O) groups is 1. The van der Waals surface area contributed by atoms with Gasteiger partial charge in [-0.1, -0.05) is 259 Å². The third-order valence-electron chi connectivity index (χ3n) is 13.1. The van der Waals surface area contributed by atoms with Crippen LogP contribution in [-0.4, -0.2) is 68.5 Å². The standard InChI is InChI=1S/C63H115N2O6P/c1-6-8-10-12-14-16-18-20-22-24-26-28-29-30-31-32-33-34-35-37-39-41-43-45-47-49-51-53-55-57-63(67)64-61(60-71-72(68,69)70-59-58-65(3,4)5)62(66)56-54-52-50-48-46-44-42-40-38-36-27-25-23-21-19-17-15-13-11-9-7-2/h8,10,14,16,20,22,26,28,30-31,46,48,54,56,61-62,66H,6-7,9,11-13,15,17-19,21,23-25,27,29,32-45,47,49-53,55,57-60H2,1-5H3,(H-,64,67,68,69)/b10-8-,16-14-,22-20-,28-26-,31-30-,48-46+,56-54+. The number of quaternary nitrogens is 1. The fourth-order valence-electron chi connectivity index (χ4n) is 8.43. The van der Waals surface area contributed by atoms with Crippen LogP contribution in [0.1, 0.15) is 258 Å². The highest BCUT2D eigenvalue weighted by molar-refractivity contribution is 7.45. The van der Waals surface area contributed by atoms with E-state index in [4.69, 9.17) is 9.05 Å². The molecule has 9 heteroatoms. The van der Waals surface area contributed by atoms with Crippen LogP contribution in [0.2, 0.25) is 0 Å². The molecule has 0 spiro atoms. The van der Waals surface area contributed by atoms with Crippen LogP contribution in [0.3, 0.4) is 0 Å². The first-order valence-corrected chi connectivity index (χ1v) is 31.4. The molecule has 0 aliphatic carbocycles. The predicted molar refractivity (Wildman–Crippen MR) is 311 cm³/mol. The van der Waals surface area contributed by atoms with Crippen LogP contribution in [0, 0.1) is 0 Å². The highest BCUT2D eigenvalue weighted by Gasteiger charge is 2.23. The minimum atomic E-state index is -4.61. The lowest BCUT2D eigenvalue weighted by atomic mass is 10.0. The molecule has 0 heterocycles. The van der Waals surface area contributed by atoms with Gasteiger partial charge in [0, 0.05) is 6.42 Å². The van der Waals surface area contributed by atoms with Crippen molar-refractivity contribution in [2.24, 2.45) is 0 Å². The average molecular weight is 1030 g/mol. The van der Waals surface area contributed by atoms with Gasteiger partial charge in [0.15, 0.2) is 0 Å². The number of phosphoric ester groups is 1. The Bertz CT molecular complexity index is 1450. The predicted octanol–water partition coefficient (Wildman–Crippen LogP) is 17.8. The van der Waals surface area contributed by atoms with Crippen LogP contribution in [0.15, 0.2) is 85.1 Å². The van der Waals surface area contributed by atoms with E-state index in [1.807, 2.05) is 27.2 Å². The zero-order chi connectivity index (χ0) is 52.7. The zero-order valence-corrected chi connectivity index (χ0v) is 48.5. The number of allylic oxidation sites excluding steroid dienone is 13. The van der Waals surface area contributed by atoms with Crippen molar-refractivity contribution in [3.63, 3.8) is 0 Å².